The number of hydrogen-bond acceptors (Lipinski definition) is 3. The van der Waals surface area contributed by atoms with Gasteiger partial charge in [-0.3, -0.25) is 9.78 Å². The van der Waals surface area contributed by atoms with E-state index in [1.54, 1.807) is 23.4 Å². The molecule has 2 fully saturated rings. The average molecular weight is 365 g/mol. The Morgan fingerprint density at radius 1 is 1.15 bits per heavy atom. The predicted octanol–water partition coefficient (Wildman–Crippen LogP) is 4.02. The maximum absolute atomic E-state index is 13.7. The second-order valence-corrected chi connectivity index (χ2v) is 7.36. The topological polar surface area (TPSA) is 46.1 Å². The molecule has 2 atom stereocenters. The third kappa shape index (κ3) is 2.59. The molecule has 4 nitrogen and oxygen atoms in total. The van der Waals surface area contributed by atoms with E-state index in [0.717, 1.165) is 10.9 Å². The number of alkyl halides is 2. The lowest BCUT2D eigenvalue weighted by molar-refractivity contribution is -0.152. The van der Waals surface area contributed by atoms with Crippen LogP contribution in [0.1, 0.15) is 16.8 Å². The largest absolute Gasteiger partial charge is 0.338 e. The molecule has 1 aromatic carbocycles. The van der Waals surface area contributed by atoms with Crippen LogP contribution in [0, 0.1) is 11.8 Å². The fraction of sp³-hybridized carbons (Fsp3) is 0.286. The predicted molar refractivity (Wildman–Crippen MR) is 97.4 cm³/mol. The van der Waals surface area contributed by atoms with E-state index >= 15 is 0 Å². The molecule has 0 N–H and O–H groups in total. The molecule has 27 heavy (non-hydrogen) atoms. The molecule has 1 saturated carbocycles. The standard InChI is InChI=1S/C21H17F2N3O/c22-21(23)9-14-11-26(12-17(14)21)20(27)16-8-19(13-4-3-7-24-10-13)25-18-6-2-1-5-15(16)18/h1-8,10,14,17H,9,11-12H2. The zero-order valence-corrected chi connectivity index (χ0v) is 14.5. The quantitative estimate of drug-likeness (QED) is 0.689. The van der Waals surface area contributed by atoms with Crippen LogP contribution < -0.4 is 0 Å². The van der Waals surface area contributed by atoms with Crippen molar-refractivity contribution in [1.29, 1.82) is 0 Å². The van der Waals surface area contributed by atoms with Crippen LogP contribution in [0.2, 0.25) is 0 Å². The van der Waals surface area contributed by atoms with Crippen LogP contribution in [0.25, 0.3) is 22.2 Å². The molecule has 5 rings (SSSR count). The summed E-state index contributed by atoms with van der Waals surface area (Å²) >= 11 is 0. The third-order valence-electron chi connectivity index (χ3n) is 5.71. The Labute approximate surface area is 154 Å². The molecule has 0 bridgehead atoms. The Balaban J connectivity index is 1.57. The van der Waals surface area contributed by atoms with Crippen LogP contribution in [0.4, 0.5) is 8.78 Å². The highest BCUT2D eigenvalue weighted by Gasteiger charge is 2.60. The number of amides is 1. The number of rotatable bonds is 2. The van der Waals surface area contributed by atoms with Crippen molar-refractivity contribution >= 4 is 16.8 Å². The van der Waals surface area contributed by atoms with Gasteiger partial charge in [0.05, 0.1) is 16.8 Å². The molecule has 2 unspecified atom stereocenters. The summed E-state index contributed by atoms with van der Waals surface area (Å²) in [5.41, 5.74) is 2.67. The van der Waals surface area contributed by atoms with Gasteiger partial charge in [-0.2, -0.15) is 0 Å². The molecule has 3 aromatic rings. The summed E-state index contributed by atoms with van der Waals surface area (Å²) in [5, 5.41) is 0.737. The maximum Gasteiger partial charge on any atom is 0.254 e. The van der Waals surface area contributed by atoms with Crippen molar-refractivity contribution in [1.82, 2.24) is 14.9 Å². The first kappa shape index (κ1) is 16.3. The van der Waals surface area contributed by atoms with Crippen LogP contribution in [-0.2, 0) is 0 Å². The Kier molecular flexibility index (Phi) is 3.50. The molecule has 1 saturated heterocycles. The van der Waals surface area contributed by atoms with Gasteiger partial charge in [-0.25, -0.2) is 13.8 Å². The minimum Gasteiger partial charge on any atom is -0.338 e. The first-order chi connectivity index (χ1) is 13.0. The number of pyridine rings is 2. The van der Waals surface area contributed by atoms with E-state index < -0.39 is 11.8 Å². The molecule has 0 spiro atoms. The SMILES string of the molecule is O=C(c1cc(-c2cccnc2)nc2ccccc12)N1CC2CC(F)(F)C2C1. The first-order valence-corrected chi connectivity index (χ1v) is 9.00. The number of carbonyl (C=O) groups is 1. The molecule has 3 heterocycles. The van der Waals surface area contributed by atoms with Crippen molar-refractivity contribution in [3.8, 4) is 11.3 Å². The van der Waals surface area contributed by atoms with E-state index in [2.05, 4.69) is 9.97 Å². The van der Waals surface area contributed by atoms with Gasteiger partial charge in [-0.15, -0.1) is 0 Å². The van der Waals surface area contributed by atoms with Crippen molar-refractivity contribution in [2.45, 2.75) is 12.3 Å². The lowest BCUT2D eigenvalue weighted by Gasteiger charge is -2.38. The van der Waals surface area contributed by atoms with Gasteiger partial charge in [0.25, 0.3) is 11.8 Å². The molecule has 2 aliphatic rings. The Hall–Kier alpha value is -2.89. The molecule has 2 aromatic heterocycles. The maximum atomic E-state index is 13.7. The van der Waals surface area contributed by atoms with Crippen molar-refractivity contribution in [3.63, 3.8) is 0 Å². The second-order valence-electron chi connectivity index (χ2n) is 7.36. The van der Waals surface area contributed by atoms with Crippen molar-refractivity contribution in [2.75, 3.05) is 13.1 Å². The monoisotopic (exact) mass is 365 g/mol. The van der Waals surface area contributed by atoms with Gasteiger partial charge in [-0.1, -0.05) is 18.2 Å². The number of halogens is 2. The summed E-state index contributed by atoms with van der Waals surface area (Å²) in [6.45, 7) is 0.521. The minimum atomic E-state index is -2.64. The normalized spacial score (nSPS) is 23.1. The number of benzene rings is 1. The highest BCUT2D eigenvalue weighted by Crippen LogP contribution is 2.52. The number of likely N-dealkylation sites (tertiary alicyclic amines) is 1. The molecule has 1 amide bonds. The summed E-state index contributed by atoms with van der Waals surface area (Å²) < 4.78 is 27.4. The molecule has 1 aliphatic carbocycles. The summed E-state index contributed by atoms with van der Waals surface area (Å²) in [6.07, 6.45) is 3.26. The lowest BCUT2D eigenvalue weighted by Crippen LogP contribution is -2.46. The van der Waals surface area contributed by atoms with Gasteiger partial charge in [-0.05, 0) is 30.2 Å². The van der Waals surface area contributed by atoms with Gasteiger partial charge >= 0.3 is 0 Å². The third-order valence-corrected chi connectivity index (χ3v) is 5.71. The van der Waals surface area contributed by atoms with E-state index in [-0.39, 0.29) is 24.8 Å². The minimum absolute atomic E-state index is 0.0881. The van der Waals surface area contributed by atoms with Crippen LogP contribution in [0.15, 0.2) is 54.9 Å². The van der Waals surface area contributed by atoms with Gasteiger partial charge in [0.1, 0.15) is 0 Å². The number of hydrogen-bond donors (Lipinski definition) is 0. The van der Waals surface area contributed by atoms with E-state index in [4.69, 9.17) is 0 Å². The van der Waals surface area contributed by atoms with Crippen LogP contribution in [-0.4, -0.2) is 39.8 Å². The van der Waals surface area contributed by atoms with Gasteiger partial charge in [0.15, 0.2) is 0 Å². The lowest BCUT2D eigenvalue weighted by atomic mass is 9.72. The summed E-state index contributed by atoms with van der Waals surface area (Å²) in [6, 6.07) is 12.9. The number of fused-ring (bicyclic) bond motifs is 2. The molecule has 0 radical (unpaired) electrons. The van der Waals surface area contributed by atoms with E-state index in [0.29, 0.717) is 23.3 Å². The zero-order chi connectivity index (χ0) is 18.6. The Morgan fingerprint density at radius 3 is 2.74 bits per heavy atom. The average Bonchev–Trinajstić information content (AvgIpc) is 3.06. The number of aromatic nitrogens is 2. The van der Waals surface area contributed by atoms with Crippen molar-refractivity contribution in [2.24, 2.45) is 11.8 Å². The smallest absolute Gasteiger partial charge is 0.254 e. The number of nitrogens with zero attached hydrogens (tertiary/aromatic N) is 3. The van der Waals surface area contributed by atoms with Crippen molar-refractivity contribution in [3.05, 3.63) is 60.4 Å². The number of carbonyl (C=O) groups excluding carboxylic acids is 1. The van der Waals surface area contributed by atoms with Gasteiger partial charge < -0.3 is 4.90 Å². The van der Waals surface area contributed by atoms with Crippen molar-refractivity contribution < 1.29 is 13.6 Å². The van der Waals surface area contributed by atoms with E-state index in [1.807, 2.05) is 36.4 Å². The second kappa shape index (κ2) is 5.81. The fourth-order valence-electron chi connectivity index (χ4n) is 4.25. The van der Waals surface area contributed by atoms with Crippen LogP contribution in [0.3, 0.4) is 0 Å². The van der Waals surface area contributed by atoms with Crippen LogP contribution in [0.5, 0.6) is 0 Å². The highest BCUT2D eigenvalue weighted by atomic mass is 19.3. The Bertz CT molecular complexity index is 1040. The van der Waals surface area contributed by atoms with Crippen LogP contribution >= 0.6 is 0 Å². The molecule has 1 aliphatic heterocycles. The summed E-state index contributed by atoms with van der Waals surface area (Å²) in [5.74, 6) is -3.63. The van der Waals surface area contributed by atoms with Gasteiger partial charge in [0.2, 0.25) is 0 Å². The molecule has 136 valence electrons. The Morgan fingerprint density at radius 2 is 2.00 bits per heavy atom. The molecular formula is C21H17F2N3O. The summed E-state index contributed by atoms with van der Waals surface area (Å²) in [7, 11) is 0. The summed E-state index contributed by atoms with van der Waals surface area (Å²) in [4.78, 5) is 23.6. The van der Waals surface area contributed by atoms with Gasteiger partial charge in [0, 0.05) is 48.8 Å². The first-order valence-electron chi connectivity index (χ1n) is 9.00. The fourth-order valence-corrected chi connectivity index (χ4v) is 4.25. The highest BCUT2D eigenvalue weighted by molar-refractivity contribution is 6.07. The molecule has 6 heteroatoms. The number of para-hydroxylation sites is 1. The molecular weight excluding hydrogens is 348 g/mol. The van der Waals surface area contributed by atoms with E-state index in [9.17, 15) is 13.6 Å². The van der Waals surface area contributed by atoms with E-state index in [1.165, 1.54) is 0 Å². The zero-order valence-electron chi connectivity index (χ0n) is 14.5.